The van der Waals surface area contributed by atoms with Crippen molar-refractivity contribution in [2.75, 3.05) is 38.8 Å². The van der Waals surface area contributed by atoms with E-state index in [0.717, 1.165) is 10.9 Å². The molecule has 1 heterocycles. The number of H-pyrrole nitrogens is 1. The summed E-state index contributed by atoms with van der Waals surface area (Å²) in [6, 6.07) is 10.4. The molecule has 3 aromatic rings. The lowest BCUT2D eigenvalue weighted by Crippen LogP contribution is -2.39. The summed E-state index contributed by atoms with van der Waals surface area (Å²) in [5.74, 6) is -0.568. The standard InChI is InChI=1S/C23H25ClFN3O4/c1-15(19-14-26-22(29)18-6-4-3-5-17(18)19)28(9-10-32-12-11-31-2)23(30)27-16-7-8-21(25)20(24)13-16/h3-8,13-15H,9-12H2,1-2H3,(H,26,29)(H,27,30). The highest BCUT2D eigenvalue weighted by Gasteiger charge is 2.24. The van der Waals surface area contributed by atoms with Gasteiger partial charge in [0.1, 0.15) is 5.82 Å². The minimum absolute atomic E-state index is 0.0862. The number of urea groups is 1. The number of ether oxygens (including phenoxy) is 2. The molecule has 1 unspecified atom stereocenters. The van der Waals surface area contributed by atoms with Crippen LogP contribution in [0.3, 0.4) is 0 Å². The van der Waals surface area contributed by atoms with Crippen molar-refractivity contribution in [3.8, 4) is 0 Å². The predicted molar refractivity (Wildman–Crippen MR) is 123 cm³/mol. The summed E-state index contributed by atoms with van der Waals surface area (Å²) in [5, 5.41) is 3.97. The fourth-order valence-corrected chi connectivity index (χ4v) is 3.57. The summed E-state index contributed by atoms with van der Waals surface area (Å²) < 4.78 is 24.0. The zero-order valence-electron chi connectivity index (χ0n) is 17.9. The Kier molecular flexibility index (Phi) is 8.21. The SMILES string of the molecule is COCCOCCN(C(=O)Nc1ccc(F)c(Cl)c1)C(C)c1c[nH]c(=O)c2ccccc12. The number of halogens is 2. The van der Waals surface area contributed by atoms with Gasteiger partial charge in [-0.15, -0.1) is 0 Å². The van der Waals surface area contributed by atoms with Crippen molar-refractivity contribution >= 4 is 34.1 Å². The summed E-state index contributed by atoms with van der Waals surface area (Å²) in [5.41, 5.74) is 0.950. The van der Waals surface area contributed by atoms with Gasteiger partial charge in [-0.1, -0.05) is 29.8 Å². The maximum absolute atomic E-state index is 13.5. The largest absolute Gasteiger partial charge is 0.382 e. The van der Waals surface area contributed by atoms with Crippen molar-refractivity contribution in [1.82, 2.24) is 9.88 Å². The molecule has 9 heteroatoms. The van der Waals surface area contributed by atoms with Gasteiger partial charge < -0.3 is 24.7 Å². The van der Waals surface area contributed by atoms with E-state index in [1.165, 1.54) is 18.2 Å². The lowest BCUT2D eigenvalue weighted by Gasteiger charge is -2.30. The first-order valence-electron chi connectivity index (χ1n) is 10.1. The molecule has 0 aliphatic rings. The lowest BCUT2D eigenvalue weighted by atomic mass is 10.0. The van der Waals surface area contributed by atoms with E-state index in [2.05, 4.69) is 10.3 Å². The first kappa shape index (κ1) is 23.7. The van der Waals surface area contributed by atoms with E-state index in [-0.39, 0.29) is 23.7 Å². The molecule has 1 aromatic heterocycles. The Bertz CT molecular complexity index is 1140. The fraction of sp³-hybridized carbons (Fsp3) is 0.304. The summed E-state index contributed by atoms with van der Waals surface area (Å²) in [6.45, 7) is 3.27. The molecule has 0 saturated heterocycles. The number of fused-ring (bicyclic) bond motifs is 1. The average Bonchev–Trinajstić information content (AvgIpc) is 2.79. The Balaban J connectivity index is 1.87. The Morgan fingerprint density at radius 3 is 2.66 bits per heavy atom. The van der Waals surface area contributed by atoms with E-state index >= 15 is 0 Å². The van der Waals surface area contributed by atoms with Crippen LogP contribution in [0.15, 0.2) is 53.5 Å². The van der Waals surface area contributed by atoms with E-state index in [0.29, 0.717) is 24.3 Å². The number of nitrogens with one attached hydrogen (secondary N) is 2. The normalized spacial score (nSPS) is 12.0. The van der Waals surface area contributed by atoms with Gasteiger partial charge in [-0.25, -0.2) is 9.18 Å². The maximum Gasteiger partial charge on any atom is 0.322 e. The molecule has 2 N–H and O–H groups in total. The number of aromatic amines is 1. The van der Waals surface area contributed by atoms with E-state index < -0.39 is 17.9 Å². The third kappa shape index (κ3) is 5.64. The summed E-state index contributed by atoms with van der Waals surface area (Å²) in [7, 11) is 1.58. The van der Waals surface area contributed by atoms with Crippen LogP contribution < -0.4 is 10.9 Å². The van der Waals surface area contributed by atoms with Crippen molar-refractivity contribution in [3.63, 3.8) is 0 Å². The van der Waals surface area contributed by atoms with E-state index in [1.54, 1.807) is 30.3 Å². The number of carbonyl (C=O) groups is 1. The highest BCUT2D eigenvalue weighted by molar-refractivity contribution is 6.31. The van der Waals surface area contributed by atoms with Gasteiger partial charge in [-0.2, -0.15) is 0 Å². The number of amides is 2. The molecule has 0 bridgehead atoms. The summed E-state index contributed by atoms with van der Waals surface area (Å²) in [6.07, 6.45) is 1.62. The monoisotopic (exact) mass is 461 g/mol. The molecule has 0 aliphatic carbocycles. The number of methoxy groups -OCH3 is 1. The van der Waals surface area contributed by atoms with E-state index in [1.807, 2.05) is 19.1 Å². The Morgan fingerprint density at radius 1 is 1.19 bits per heavy atom. The molecule has 0 fully saturated rings. The molecule has 0 saturated carbocycles. The van der Waals surface area contributed by atoms with E-state index in [9.17, 15) is 14.0 Å². The quantitative estimate of drug-likeness (QED) is 0.457. The number of hydrogen-bond acceptors (Lipinski definition) is 4. The number of nitrogens with zero attached hydrogens (tertiary/aromatic N) is 1. The highest BCUT2D eigenvalue weighted by Crippen LogP contribution is 2.27. The fourth-order valence-electron chi connectivity index (χ4n) is 3.39. The van der Waals surface area contributed by atoms with Gasteiger partial charge in [-0.3, -0.25) is 4.79 Å². The van der Waals surface area contributed by atoms with Crippen molar-refractivity contribution < 1.29 is 18.7 Å². The van der Waals surface area contributed by atoms with Crippen LogP contribution in [0.5, 0.6) is 0 Å². The summed E-state index contributed by atoms with van der Waals surface area (Å²) in [4.78, 5) is 29.7. The molecule has 32 heavy (non-hydrogen) atoms. The second-order valence-corrected chi connectivity index (χ2v) is 7.56. The van der Waals surface area contributed by atoms with Gasteiger partial charge in [0, 0.05) is 30.9 Å². The third-order valence-corrected chi connectivity index (χ3v) is 5.39. The topological polar surface area (TPSA) is 83.7 Å². The number of benzene rings is 2. The van der Waals surface area contributed by atoms with Gasteiger partial charge in [-0.05, 0) is 42.1 Å². The van der Waals surface area contributed by atoms with Gasteiger partial charge in [0.05, 0.1) is 30.9 Å². The molecule has 0 spiro atoms. The van der Waals surface area contributed by atoms with Crippen molar-refractivity contribution in [2.45, 2.75) is 13.0 Å². The molecule has 2 amide bonds. The Hall–Kier alpha value is -2.94. The molecule has 3 rings (SSSR count). The highest BCUT2D eigenvalue weighted by atomic mass is 35.5. The first-order valence-corrected chi connectivity index (χ1v) is 10.5. The zero-order valence-corrected chi connectivity index (χ0v) is 18.6. The summed E-state index contributed by atoms with van der Waals surface area (Å²) >= 11 is 5.84. The Morgan fingerprint density at radius 2 is 1.94 bits per heavy atom. The predicted octanol–water partition coefficient (Wildman–Crippen LogP) is 4.58. The van der Waals surface area contributed by atoms with Crippen LogP contribution in [0.2, 0.25) is 5.02 Å². The van der Waals surface area contributed by atoms with E-state index in [4.69, 9.17) is 21.1 Å². The van der Waals surface area contributed by atoms with Crippen LogP contribution in [0.1, 0.15) is 18.5 Å². The van der Waals surface area contributed by atoms with Crippen LogP contribution in [0.4, 0.5) is 14.9 Å². The first-order chi connectivity index (χ1) is 15.4. The lowest BCUT2D eigenvalue weighted by molar-refractivity contribution is 0.0581. The van der Waals surface area contributed by atoms with Crippen LogP contribution in [0, 0.1) is 5.82 Å². The van der Waals surface area contributed by atoms with Gasteiger partial charge in [0.15, 0.2) is 0 Å². The van der Waals surface area contributed by atoms with Gasteiger partial charge in [0.2, 0.25) is 0 Å². The molecule has 0 radical (unpaired) electrons. The number of rotatable bonds is 9. The molecule has 170 valence electrons. The number of anilines is 1. The second kappa shape index (κ2) is 11.1. The number of carbonyl (C=O) groups excluding carboxylic acids is 1. The third-order valence-electron chi connectivity index (χ3n) is 5.10. The van der Waals surface area contributed by atoms with Gasteiger partial charge in [0.25, 0.3) is 5.56 Å². The maximum atomic E-state index is 13.5. The smallest absolute Gasteiger partial charge is 0.322 e. The van der Waals surface area contributed by atoms with Crippen LogP contribution in [0.25, 0.3) is 10.8 Å². The van der Waals surface area contributed by atoms with Crippen LogP contribution >= 0.6 is 11.6 Å². The molecular weight excluding hydrogens is 437 g/mol. The molecule has 0 aliphatic heterocycles. The van der Waals surface area contributed by atoms with Crippen LogP contribution in [-0.4, -0.2) is 49.4 Å². The van der Waals surface area contributed by atoms with Gasteiger partial charge >= 0.3 is 6.03 Å². The number of pyridine rings is 1. The van der Waals surface area contributed by atoms with Crippen molar-refractivity contribution in [2.24, 2.45) is 0 Å². The molecular formula is C23H25ClFN3O4. The Labute approximate surface area is 190 Å². The van der Waals surface area contributed by atoms with Crippen LogP contribution in [-0.2, 0) is 9.47 Å². The molecule has 2 aromatic carbocycles. The van der Waals surface area contributed by atoms with Crippen molar-refractivity contribution in [3.05, 3.63) is 75.4 Å². The number of hydrogen-bond donors (Lipinski definition) is 2. The van der Waals surface area contributed by atoms with Crippen molar-refractivity contribution in [1.29, 1.82) is 0 Å². The minimum atomic E-state index is -0.568. The average molecular weight is 462 g/mol. The number of aromatic nitrogens is 1. The zero-order chi connectivity index (χ0) is 23.1. The molecule has 1 atom stereocenters. The minimum Gasteiger partial charge on any atom is -0.382 e. The molecule has 7 nitrogen and oxygen atoms in total. The second-order valence-electron chi connectivity index (χ2n) is 7.15.